The number of likely N-dealkylation sites (tertiary alicyclic amines) is 2. The van der Waals surface area contributed by atoms with Crippen LogP contribution < -0.4 is 4.90 Å². The highest BCUT2D eigenvalue weighted by molar-refractivity contribution is 6.30. The van der Waals surface area contributed by atoms with Crippen molar-refractivity contribution in [2.24, 2.45) is 5.92 Å². The molecule has 2 amide bonds. The number of hydrogen-bond acceptors (Lipinski definition) is 4. The summed E-state index contributed by atoms with van der Waals surface area (Å²) in [4.78, 5) is 32.7. The first-order valence-electron chi connectivity index (χ1n) is 12.3. The van der Waals surface area contributed by atoms with Gasteiger partial charge >= 0.3 is 0 Å². The van der Waals surface area contributed by atoms with Crippen molar-refractivity contribution in [2.75, 3.05) is 31.1 Å². The average Bonchev–Trinajstić information content (AvgIpc) is 3.49. The summed E-state index contributed by atoms with van der Waals surface area (Å²) in [5.74, 6) is 0.244. The van der Waals surface area contributed by atoms with E-state index in [1.807, 2.05) is 46.2 Å². The molecule has 34 heavy (non-hydrogen) atoms. The Morgan fingerprint density at radius 2 is 1.68 bits per heavy atom. The van der Waals surface area contributed by atoms with E-state index in [4.69, 9.17) is 11.6 Å². The van der Waals surface area contributed by atoms with E-state index in [9.17, 15) is 14.7 Å². The highest BCUT2D eigenvalue weighted by atomic mass is 35.5. The van der Waals surface area contributed by atoms with Gasteiger partial charge in [-0.2, -0.15) is 0 Å². The van der Waals surface area contributed by atoms with Crippen molar-refractivity contribution < 1.29 is 14.7 Å². The van der Waals surface area contributed by atoms with Gasteiger partial charge in [0.2, 0.25) is 11.8 Å². The summed E-state index contributed by atoms with van der Waals surface area (Å²) in [5.41, 5.74) is 3.43. The van der Waals surface area contributed by atoms with E-state index >= 15 is 0 Å². The van der Waals surface area contributed by atoms with Crippen LogP contribution in [-0.4, -0.2) is 65.0 Å². The molecule has 6 nitrogen and oxygen atoms in total. The normalized spacial score (nSPS) is 22.8. The summed E-state index contributed by atoms with van der Waals surface area (Å²) in [6.45, 7) is 2.64. The predicted molar refractivity (Wildman–Crippen MR) is 133 cm³/mol. The Bertz CT molecular complexity index is 1040. The Labute approximate surface area is 206 Å². The fourth-order valence-electron chi connectivity index (χ4n) is 5.76. The summed E-state index contributed by atoms with van der Waals surface area (Å²) in [7, 11) is 0. The highest BCUT2D eigenvalue weighted by Crippen LogP contribution is 2.35. The number of carbonyl (C=O) groups is 2. The molecule has 7 heteroatoms. The lowest BCUT2D eigenvalue weighted by Gasteiger charge is -2.37. The van der Waals surface area contributed by atoms with Crippen molar-refractivity contribution in [3.05, 3.63) is 64.7 Å². The molecular formula is C27H32ClN3O3. The zero-order chi connectivity index (χ0) is 23.7. The Kier molecular flexibility index (Phi) is 6.79. The quantitative estimate of drug-likeness (QED) is 0.710. The monoisotopic (exact) mass is 481 g/mol. The van der Waals surface area contributed by atoms with Crippen LogP contribution in [0.25, 0.3) is 0 Å². The largest absolute Gasteiger partial charge is 0.394 e. The summed E-state index contributed by atoms with van der Waals surface area (Å²) in [5, 5.41) is 10.3. The molecular weight excluding hydrogens is 450 g/mol. The third-order valence-electron chi connectivity index (χ3n) is 7.67. The highest BCUT2D eigenvalue weighted by Gasteiger charge is 2.39. The molecule has 2 atom stereocenters. The Morgan fingerprint density at radius 3 is 2.41 bits per heavy atom. The average molecular weight is 482 g/mol. The van der Waals surface area contributed by atoms with E-state index in [0.717, 1.165) is 30.6 Å². The zero-order valence-corrected chi connectivity index (χ0v) is 20.2. The van der Waals surface area contributed by atoms with Gasteiger partial charge in [0.1, 0.15) is 6.04 Å². The topological polar surface area (TPSA) is 64.1 Å². The number of hydrogen-bond donors (Lipinski definition) is 1. The lowest BCUT2D eigenvalue weighted by atomic mass is 9.94. The van der Waals surface area contributed by atoms with Crippen molar-refractivity contribution in [3.63, 3.8) is 0 Å². The van der Waals surface area contributed by atoms with Crippen molar-refractivity contribution >= 4 is 29.1 Å². The minimum atomic E-state index is -0.238. The van der Waals surface area contributed by atoms with Crippen LogP contribution >= 0.6 is 11.6 Å². The Morgan fingerprint density at radius 1 is 0.941 bits per heavy atom. The third-order valence-corrected chi connectivity index (χ3v) is 7.92. The van der Waals surface area contributed by atoms with E-state index in [0.29, 0.717) is 43.9 Å². The number of fused-ring (bicyclic) bond motifs is 1. The van der Waals surface area contributed by atoms with Gasteiger partial charge in [0.05, 0.1) is 12.6 Å². The van der Waals surface area contributed by atoms with Crippen LogP contribution in [0.1, 0.15) is 36.8 Å². The van der Waals surface area contributed by atoms with Gasteiger partial charge in [-0.1, -0.05) is 41.9 Å². The van der Waals surface area contributed by atoms with Gasteiger partial charge < -0.3 is 19.8 Å². The number of carbonyl (C=O) groups excluding carboxylic acids is 2. The molecule has 3 aliphatic rings. The molecule has 0 aromatic heterocycles. The number of nitrogens with zero attached hydrogens (tertiary/aromatic N) is 3. The van der Waals surface area contributed by atoms with Gasteiger partial charge in [0, 0.05) is 49.2 Å². The fraction of sp³-hybridized carbons (Fsp3) is 0.481. The number of benzene rings is 2. The second kappa shape index (κ2) is 9.96. The molecule has 2 aromatic carbocycles. The van der Waals surface area contributed by atoms with Crippen LogP contribution in [0.3, 0.4) is 0 Å². The molecule has 0 bridgehead atoms. The summed E-state index contributed by atoms with van der Waals surface area (Å²) < 4.78 is 0. The second-order valence-electron chi connectivity index (χ2n) is 9.71. The molecule has 2 unspecified atom stereocenters. The molecule has 0 saturated carbocycles. The van der Waals surface area contributed by atoms with Gasteiger partial charge in [-0.15, -0.1) is 0 Å². The van der Waals surface area contributed by atoms with Crippen molar-refractivity contribution in [1.29, 1.82) is 0 Å². The van der Waals surface area contributed by atoms with E-state index in [2.05, 4.69) is 17.0 Å². The molecule has 1 N–H and O–H groups in total. The molecule has 2 saturated heterocycles. The number of aliphatic hydroxyl groups is 1. The minimum Gasteiger partial charge on any atom is -0.394 e. The standard InChI is InChI=1S/C27H32ClN3O3/c28-22-9-7-19(8-10-22)17-31-24-6-2-1-4-21(24)16-25(31)27(34)29-14-11-20(12-15-29)26(33)30-13-3-5-23(30)18-32/h1-2,4,6-10,20,23,25,32H,3,5,11-18H2. The summed E-state index contributed by atoms with van der Waals surface area (Å²) >= 11 is 6.07. The molecule has 0 spiro atoms. The van der Waals surface area contributed by atoms with Crippen molar-refractivity contribution in [2.45, 2.75) is 50.7 Å². The van der Waals surface area contributed by atoms with E-state index in [-0.39, 0.29) is 36.4 Å². The lowest BCUT2D eigenvalue weighted by Crippen LogP contribution is -2.51. The zero-order valence-electron chi connectivity index (χ0n) is 19.4. The molecule has 2 fully saturated rings. The first-order valence-corrected chi connectivity index (χ1v) is 12.7. The maximum Gasteiger partial charge on any atom is 0.245 e. The number of halogens is 1. The van der Waals surface area contributed by atoms with Crippen LogP contribution in [0.4, 0.5) is 5.69 Å². The number of amides is 2. The van der Waals surface area contributed by atoms with Gasteiger partial charge in [-0.25, -0.2) is 0 Å². The molecule has 180 valence electrons. The maximum absolute atomic E-state index is 13.7. The van der Waals surface area contributed by atoms with E-state index in [1.165, 1.54) is 5.56 Å². The minimum absolute atomic E-state index is 0.0365. The van der Waals surface area contributed by atoms with Crippen LogP contribution in [0, 0.1) is 5.92 Å². The first-order chi connectivity index (χ1) is 16.5. The Hall–Kier alpha value is -2.57. The van der Waals surface area contributed by atoms with Crippen molar-refractivity contribution in [3.8, 4) is 0 Å². The smallest absolute Gasteiger partial charge is 0.245 e. The molecule has 5 rings (SSSR count). The van der Waals surface area contributed by atoms with Crippen LogP contribution in [-0.2, 0) is 22.6 Å². The van der Waals surface area contributed by atoms with Gasteiger partial charge in [-0.3, -0.25) is 9.59 Å². The molecule has 3 heterocycles. The van der Waals surface area contributed by atoms with Crippen LogP contribution in [0.2, 0.25) is 5.02 Å². The molecule has 0 radical (unpaired) electrons. The lowest BCUT2D eigenvalue weighted by molar-refractivity contribution is -0.142. The maximum atomic E-state index is 13.7. The fourth-order valence-corrected chi connectivity index (χ4v) is 5.89. The van der Waals surface area contributed by atoms with Gasteiger partial charge in [-0.05, 0) is 55.0 Å². The van der Waals surface area contributed by atoms with Crippen LogP contribution in [0.15, 0.2) is 48.5 Å². The van der Waals surface area contributed by atoms with E-state index in [1.54, 1.807) is 0 Å². The SMILES string of the molecule is O=C(C1Cc2ccccc2N1Cc1ccc(Cl)cc1)N1CCC(C(=O)N2CCCC2CO)CC1. The number of piperidine rings is 1. The van der Waals surface area contributed by atoms with Gasteiger partial charge in [0.25, 0.3) is 0 Å². The Balaban J connectivity index is 1.26. The van der Waals surface area contributed by atoms with Crippen molar-refractivity contribution in [1.82, 2.24) is 9.80 Å². The number of para-hydroxylation sites is 1. The number of aliphatic hydroxyl groups excluding tert-OH is 1. The van der Waals surface area contributed by atoms with Gasteiger partial charge in [0.15, 0.2) is 0 Å². The second-order valence-corrected chi connectivity index (χ2v) is 10.1. The molecule has 0 aliphatic carbocycles. The summed E-state index contributed by atoms with van der Waals surface area (Å²) in [6.07, 6.45) is 3.92. The first kappa shape index (κ1) is 23.2. The molecule has 3 aliphatic heterocycles. The van der Waals surface area contributed by atoms with Crippen LogP contribution in [0.5, 0.6) is 0 Å². The number of rotatable bonds is 5. The third kappa shape index (κ3) is 4.53. The number of anilines is 1. The predicted octanol–water partition coefficient (Wildman–Crippen LogP) is 3.49. The summed E-state index contributed by atoms with van der Waals surface area (Å²) in [6, 6.07) is 15.8. The van der Waals surface area contributed by atoms with E-state index < -0.39 is 0 Å². The molecule has 2 aromatic rings.